The van der Waals surface area contributed by atoms with Gasteiger partial charge >= 0.3 is 35.8 Å². The summed E-state index contributed by atoms with van der Waals surface area (Å²) in [6.07, 6.45) is 8.49. The van der Waals surface area contributed by atoms with Crippen molar-refractivity contribution >= 4 is 141 Å². The van der Waals surface area contributed by atoms with Crippen LogP contribution in [0.15, 0.2) is 86.6 Å². The van der Waals surface area contributed by atoms with Crippen molar-refractivity contribution < 1.29 is 122 Å². The van der Waals surface area contributed by atoms with Crippen molar-refractivity contribution in [2.24, 2.45) is 0 Å². The van der Waals surface area contributed by atoms with Gasteiger partial charge in [0.05, 0.1) is 67.5 Å². The summed E-state index contributed by atoms with van der Waals surface area (Å²) in [5.74, 6) is -6.00. The van der Waals surface area contributed by atoms with Gasteiger partial charge in [-0.2, -0.15) is 0 Å². The van der Waals surface area contributed by atoms with E-state index in [1.54, 1.807) is 0 Å². The molecule has 6 aromatic rings. The van der Waals surface area contributed by atoms with Gasteiger partial charge < -0.3 is 59.4 Å². The Labute approximate surface area is 597 Å². The summed E-state index contributed by atoms with van der Waals surface area (Å²) in [6.45, 7) is 1.55. The molecule has 0 radical (unpaired) electrons. The first-order chi connectivity index (χ1) is 47.0. The summed E-state index contributed by atoms with van der Waals surface area (Å²) in [4.78, 5) is 88.9. The number of ether oxygens (including phenoxy) is 5. The van der Waals surface area contributed by atoms with E-state index in [0.717, 1.165) is 53.5 Å². The average molecular weight is 1680 g/mol. The van der Waals surface area contributed by atoms with Crippen molar-refractivity contribution in [1.82, 2.24) is 34.6 Å². The normalized spacial score (nSPS) is 15.8. The van der Waals surface area contributed by atoms with E-state index < -0.39 is 75.9 Å². The van der Waals surface area contributed by atoms with Crippen LogP contribution in [0.5, 0.6) is 34.5 Å². The molecule has 10 rings (SSSR count). The first-order valence-electron chi connectivity index (χ1n) is 28.8. The number of hydrogen-bond acceptors (Lipinski definition) is 31. The van der Waals surface area contributed by atoms with Crippen LogP contribution in [0.3, 0.4) is 0 Å². The first kappa shape index (κ1) is 83.5. The number of aromatic hydroxyl groups is 6. The van der Waals surface area contributed by atoms with E-state index >= 15 is 0 Å². The van der Waals surface area contributed by atoms with Crippen LogP contribution in [0.4, 0.5) is 17.5 Å². The van der Waals surface area contributed by atoms with Crippen LogP contribution in [0.1, 0.15) is 114 Å². The number of hydrogen-bond donors (Lipinski definition) is 8. The number of halogens is 3. The number of esters is 5. The maximum absolute atomic E-state index is 12.0. The summed E-state index contributed by atoms with van der Waals surface area (Å²) in [6, 6.07) is 13.9. The number of anilines is 3. The summed E-state index contributed by atoms with van der Waals surface area (Å²) in [5.41, 5.74) is -1.40. The molecule has 36 nitrogen and oxygen atoms in total. The molecule has 4 fully saturated rings. The number of aromatic nitrogens is 6. The summed E-state index contributed by atoms with van der Waals surface area (Å²) < 4.78 is 122. The zero-order chi connectivity index (χ0) is 74.9. The number of carbonyl (C=O) groups excluding carboxylic acids is 5. The molecule has 10 heterocycles. The number of carboxylic acids is 1. The minimum absolute atomic E-state index is 0.0424. The molecule has 546 valence electrons. The fourth-order valence-corrected chi connectivity index (χ4v) is 15.3. The van der Waals surface area contributed by atoms with Crippen LogP contribution >= 0.6 is 47.8 Å². The summed E-state index contributed by atoms with van der Waals surface area (Å²) >= 11 is 9.22. The largest absolute Gasteiger partial charge is 0.505 e. The molecule has 43 heteroatoms. The van der Waals surface area contributed by atoms with Crippen molar-refractivity contribution in [2.45, 2.75) is 51.4 Å². The number of methoxy groups -OCH3 is 5. The highest BCUT2D eigenvalue weighted by Gasteiger charge is 2.33. The number of aromatic carboxylic acids is 1. The molecule has 0 saturated carbocycles. The van der Waals surface area contributed by atoms with Crippen LogP contribution in [-0.4, -0.2) is 220 Å². The lowest BCUT2D eigenvalue weighted by atomic mass is 10.3. The molecular formula is C57H67Br3N10O26S4. The quantitative estimate of drug-likeness (QED) is 0.0528. The Morgan fingerprint density at radius 3 is 1.10 bits per heavy atom. The van der Waals surface area contributed by atoms with Gasteiger partial charge in [-0.15, -0.1) is 0 Å². The zero-order valence-electron chi connectivity index (χ0n) is 53.4. The molecule has 6 aromatic heterocycles. The molecule has 0 bridgehead atoms. The minimum atomic E-state index is -3.44. The highest BCUT2D eigenvalue weighted by Crippen LogP contribution is 2.35. The topological polar surface area (TPSA) is 526 Å². The molecule has 0 spiro atoms. The maximum atomic E-state index is 12.0. The Bertz CT molecular complexity index is 4270. The number of sulfonamides is 4. The smallest absolute Gasteiger partial charge is 0.360 e. The van der Waals surface area contributed by atoms with Crippen LogP contribution in [0.2, 0.25) is 0 Å². The fourth-order valence-electron chi connectivity index (χ4n) is 8.29. The number of nitrogens with zero attached hydrogens (tertiary/aromatic N) is 9. The predicted octanol–water partition coefficient (Wildman–Crippen LogP) is 5.13. The Balaban J connectivity index is 0.000000253. The van der Waals surface area contributed by atoms with Gasteiger partial charge in [-0.1, -0.05) is 0 Å². The summed E-state index contributed by atoms with van der Waals surface area (Å²) in [7, 11) is -7.18. The van der Waals surface area contributed by atoms with Crippen molar-refractivity contribution in [3.05, 3.63) is 121 Å². The van der Waals surface area contributed by atoms with Gasteiger partial charge in [0, 0.05) is 38.6 Å². The molecule has 0 amide bonds. The lowest BCUT2D eigenvalue weighted by molar-refractivity contribution is 0.0581. The van der Waals surface area contributed by atoms with E-state index in [1.807, 2.05) is 0 Å². The molecule has 4 aliphatic rings. The van der Waals surface area contributed by atoms with Gasteiger partial charge in [-0.05, 0) is 160 Å². The van der Waals surface area contributed by atoms with E-state index in [2.05, 4.69) is 106 Å². The molecule has 4 saturated heterocycles. The molecule has 0 aliphatic carbocycles. The third kappa shape index (κ3) is 24.2. The van der Waals surface area contributed by atoms with E-state index in [4.69, 9.17) is 20.4 Å². The van der Waals surface area contributed by atoms with E-state index in [9.17, 15) is 77.8 Å². The Morgan fingerprint density at radius 2 is 0.760 bits per heavy atom. The average Bonchev–Trinajstić information content (AvgIpc) is 0.801. The molecule has 100 heavy (non-hydrogen) atoms. The second kappa shape index (κ2) is 38.6. The van der Waals surface area contributed by atoms with Crippen LogP contribution in [0.25, 0.3) is 0 Å². The number of nitrogens with one attached hydrogen (secondary N) is 1. The number of pyridine rings is 6. The van der Waals surface area contributed by atoms with Gasteiger partial charge in [0.15, 0.2) is 45.7 Å². The van der Waals surface area contributed by atoms with Gasteiger partial charge in [0.2, 0.25) is 40.1 Å². The highest BCUT2D eigenvalue weighted by molar-refractivity contribution is 9.11. The zero-order valence-corrected chi connectivity index (χ0v) is 61.4. The lowest BCUT2D eigenvalue weighted by Crippen LogP contribution is -2.38. The standard InChI is InChI=1S/2C11H13BrN2O5S.C11H14N2O5S.C7H6BrNO3.C7H7NO3.C6H5NO3.C4H9NO2S/c2*1-19-11(16)9-10(15)7(12)6-8(13-9)14-4-2-3-5-20(14,17)18;1-18-11(15)10-8(14)4-5-9(12-10)13-6-2-3-7-19(13,16)17;1-12-7(11)6-4(10)2-3-5(8)9-6;1-11-7(10)6-5(9)3-2-4-8-6;8-4-2-1-3-7-5(4)6(9)10;6-8(7)4-2-1-3-5-8/h2*6,15H,2-5H2,1H3;4-5,14H,2-3,6-7H2,1H3;2-3,10H,1H3;2-4,9H,1H3;1-3,8H,(H,9,10);5H,1-4H2. The second-order valence-corrected chi connectivity index (χ2v) is 30.6. The third-order valence-electron chi connectivity index (χ3n) is 13.2. The van der Waals surface area contributed by atoms with Gasteiger partial charge in [0.1, 0.15) is 45.1 Å². The molecular weight excluding hydrogens is 1610 g/mol. The van der Waals surface area contributed by atoms with Crippen molar-refractivity contribution in [1.29, 1.82) is 0 Å². The van der Waals surface area contributed by atoms with Crippen LogP contribution < -0.4 is 17.6 Å². The van der Waals surface area contributed by atoms with Gasteiger partial charge in [0.25, 0.3) is 0 Å². The number of carboxylic acid groups (broad SMARTS) is 1. The highest BCUT2D eigenvalue weighted by atomic mass is 79.9. The summed E-state index contributed by atoms with van der Waals surface area (Å²) in [5, 5.41) is 64.5. The molecule has 0 unspecified atom stereocenters. The van der Waals surface area contributed by atoms with Crippen LogP contribution in [0, 0.1) is 0 Å². The van der Waals surface area contributed by atoms with Crippen molar-refractivity contribution in [3.8, 4) is 34.5 Å². The van der Waals surface area contributed by atoms with E-state index in [-0.39, 0.29) is 112 Å². The second-order valence-electron chi connectivity index (χ2n) is 20.1. The SMILES string of the molecule is COC(=O)c1nc(Br)ccc1O.COC(=O)c1nc(N2CCCCS2(=O)=O)cc(Br)c1O.COC(=O)c1nc(N2CCCCS2(=O)=O)cc(Br)c1O.COC(=O)c1nc(N2CCCCS2(=O)=O)ccc1O.COC(=O)c1ncccc1O.O=C(O)c1ncccc1O.O=S1(=O)CCCCN1. The van der Waals surface area contributed by atoms with Crippen molar-refractivity contribution in [2.75, 3.05) is 97.7 Å². The number of carbonyl (C=O) groups is 6. The maximum Gasteiger partial charge on any atom is 0.360 e. The van der Waals surface area contributed by atoms with Gasteiger partial charge in [-0.25, -0.2) is 97.1 Å². The predicted molar refractivity (Wildman–Crippen MR) is 364 cm³/mol. The van der Waals surface area contributed by atoms with E-state index in [1.165, 1.54) is 87.3 Å². The lowest BCUT2D eigenvalue weighted by Gasteiger charge is -2.27. The molecule has 8 N–H and O–H groups in total. The number of rotatable bonds is 9. The molecule has 4 aliphatic heterocycles. The molecule has 0 aromatic carbocycles. The Kier molecular flexibility index (Phi) is 32.3. The monoisotopic (exact) mass is 1670 g/mol. The van der Waals surface area contributed by atoms with E-state index in [0.29, 0.717) is 68.6 Å². The third-order valence-corrected chi connectivity index (χ3v) is 21.9. The minimum Gasteiger partial charge on any atom is -0.505 e. The Morgan fingerprint density at radius 1 is 0.420 bits per heavy atom. The van der Waals surface area contributed by atoms with Crippen molar-refractivity contribution in [3.63, 3.8) is 0 Å². The van der Waals surface area contributed by atoms with Gasteiger partial charge in [-0.3, -0.25) is 12.9 Å². The fraction of sp³-hybridized carbons (Fsp3) is 0.368. The molecule has 0 atom stereocenters. The Hall–Kier alpha value is -8.88. The first-order valence-corrected chi connectivity index (χ1v) is 37.6. The van der Waals surface area contributed by atoms with Crippen LogP contribution in [-0.2, 0) is 63.8 Å².